The maximum atomic E-state index is 13.0. The Morgan fingerprint density at radius 3 is 2.88 bits per heavy atom. The van der Waals surface area contributed by atoms with Gasteiger partial charge in [-0.05, 0) is 23.8 Å². The number of likely N-dealkylation sites (N-methyl/N-ethyl adjacent to an activating group) is 1. The van der Waals surface area contributed by atoms with E-state index in [4.69, 9.17) is 4.74 Å². The Labute approximate surface area is 157 Å². The number of thiazole rings is 1. The fourth-order valence-corrected chi connectivity index (χ4v) is 3.86. The van der Waals surface area contributed by atoms with Crippen LogP contribution in [0.15, 0.2) is 23.6 Å². The lowest BCUT2D eigenvalue weighted by Crippen LogP contribution is -2.36. The van der Waals surface area contributed by atoms with Crippen LogP contribution in [0.5, 0.6) is 5.75 Å². The van der Waals surface area contributed by atoms with Gasteiger partial charge in [0.25, 0.3) is 0 Å². The summed E-state index contributed by atoms with van der Waals surface area (Å²) in [6.07, 6.45) is 0.137. The van der Waals surface area contributed by atoms with Crippen molar-refractivity contribution in [1.29, 1.82) is 0 Å². The first-order chi connectivity index (χ1) is 12.4. The molecule has 0 saturated heterocycles. The molecular formula is C19H23N3O3S. The van der Waals surface area contributed by atoms with E-state index in [0.29, 0.717) is 23.9 Å². The number of amides is 2. The van der Waals surface area contributed by atoms with Crippen molar-refractivity contribution in [2.75, 3.05) is 19.5 Å². The normalized spacial score (nSPS) is 16.2. The van der Waals surface area contributed by atoms with E-state index >= 15 is 0 Å². The summed E-state index contributed by atoms with van der Waals surface area (Å²) >= 11 is 1.61. The predicted octanol–water partition coefficient (Wildman–Crippen LogP) is 3.36. The molecule has 0 aliphatic carbocycles. The van der Waals surface area contributed by atoms with Crippen molar-refractivity contribution < 1.29 is 14.3 Å². The summed E-state index contributed by atoms with van der Waals surface area (Å²) in [5.41, 5.74) is 2.34. The minimum atomic E-state index is -0.512. The van der Waals surface area contributed by atoms with E-state index in [0.717, 1.165) is 16.3 Å². The van der Waals surface area contributed by atoms with Crippen LogP contribution in [0.25, 0.3) is 0 Å². The molecule has 138 valence electrons. The lowest BCUT2D eigenvalue weighted by molar-refractivity contribution is -0.134. The summed E-state index contributed by atoms with van der Waals surface area (Å²) in [6, 6.07) is 5.38. The molecule has 1 aliphatic rings. The summed E-state index contributed by atoms with van der Waals surface area (Å²) in [5.74, 6) is 0.290. The first-order valence-electron chi connectivity index (χ1n) is 8.56. The van der Waals surface area contributed by atoms with Crippen molar-refractivity contribution in [3.05, 3.63) is 39.8 Å². The number of nitrogens with one attached hydrogen (secondary N) is 1. The van der Waals surface area contributed by atoms with Gasteiger partial charge in [0, 0.05) is 30.5 Å². The Balaban J connectivity index is 1.81. The summed E-state index contributed by atoms with van der Waals surface area (Å²) in [4.78, 5) is 31.3. The fraction of sp³-hybridized carbons (Fsp3) is 0.421. The van der Waals surface area contributed by atoms with Crippen LogP contribution in [0, 0.1) is 0 Å². The number of methoxy groups -OCH3 is 1. The quantitative estimate of drug-likeness (QED) is 0.872. The van der Waals surface area contributed by atoms with Crippen LogP contribution in [0.3, 0.4) is 0 Å². The van der Waals surface area contributed by atoms with E-state index < -0.39 is 5.92 Å². The molecule has 1 aliphatic heterocycles. The molecule has 6 nitrogen and oxygen atoms in total. The molecule has 0 spiro atoms. The second-order valence-electron chi connectivity index (χ2n) is 6.78. The van der Waals surface area contributed by atoms with Crippen molar-refractivity contribution in [1.82, 2.24) is 9.88 Å². The third-order valence-electron chi connectivity index (χ3n) is 4.43. The van der Waals surface area contributed by atoms with E-state index in [1.165, 1.54) is 0 Å². The van der Waals surface area contributed by atoms with Gasteiger partial charge < -0.3 is 15.0 Å². The zero-order chi connectivity index (χ0) is 18.8. The van der Waals surface area contributed by atoms with E-state index in [1.807, 2.05) is 11.4 Å². The Kier molecular flexibility index (Phi) is 5.27. The molecule has 1 unspecified atom stereocenters. The number of anilines is 1. The van der Waals surface area contributed by atoms with Gasteiger partial charge in [-0.3, -0.25) is 9.59 Å². The maximum Gasteiger partial charge on any atom is 0.230 e. The number of fused-ring (bicyclic) bond motifs is 1. The molecule has 0 fully saturated rings. The standard InChI is InChI=1S/C19H23N3O3S/c1-11(2)18-20-12(10-26-18)9-22(3)19(24)15-8-17(23)21-16-6-5-13(25-4)7-14(15)16/h5-7,10-11,15H,8-9H2,1-4H3,(H,21,23). The summed E-state index contributed by atoms with van der Waals surface area (Å²) < 4.78 is 5.27. The van der Waals surface area contributed by atoms with Gasteiger partial charge in [-0.15, -0.1) is 11.3 Å². The number of carbonyl (C=O) groups is 2. The second kappa shape index (κ2) is 7.45. The van der Waals surface area contributed by atoms with Gasteiger partial charge >= 0.3 is 0 Å². The molecule has 26 heavy (non-hydrogen) atoms. The van der Waals surface area contributed by atoms with E-state index in [-0.39, 0.29) is 18.2 Å². The molecule has 7 heteroatoms. The second-order valence-corrected chi connectivity index (χ2v) is 7.67. The minimum Gasteiger partial charge on any atom is -0.497 e. The first kappa shape index (κ1) is 18.4. The molecule has 1 aromatic heterocycles. The first-order valence-corrected chi connectivity index (χ1v) is 9.44. The Morgan fingerprint density at radius 1 is 1.46 bits per heavy atom. The Hall–Kier alpha value is -2.41. The van der Waals surface area contributed by atoms with Crippen molar-refractivity contribution in [3.8, 4) is 5.75 Å². The van der Waals surface area contributed by atoms with Crippen molar-refractivity contribution in [3.63, 3.8) is 0 Å². The molecule has 1 N–H and O–H groups in total. The maximum absolute atomic E-state index is 13.0. The number of ether oxygens (including phenoxy) is 1. The molecule has 1 aromatic carbocycles. The van der Waals surface area contributed by atoms with Gasteiger partial charge in [-0.2, -0.15) is 0 Å². The van der Waals surface area contributed by atoms with E-state index in [1.54, 1.807) is 42.5 Å². The number of carbonyl (C=O) groups excluding carboxylic acids is 2. The number of rotatable bonds is 5. The summed E-state index contributed by atoms with van der Waals surface area (Å²) in [7, 11) is 3.34. The minimum absolute atomic E-state index is 0.0894. The van der Waals surface area contributed by atoms with Crippen molar-refractivity contribution >= 4 is 28.8 Å². The molecule has 1 atom stereocenters. The zero-order valence-corrected chi connectivity index (χ0v) is 16.2. The van der Waals surface area contributed by atoms with Crippen LogP contribution in [0.1, 0.15) is 48.4 Å². The topological polar surface area (TPSA) is 71.5 Å². The van der Waals surface area contributed by atoms with Gasteiger partial charge in [-0.25, -0.2) is 4.98 Å². The highest BCUT2D eigenvalue weighted by Gasteiger charge is 2.33. The van der Waals surface area contributed by atoms with Gasteiger partial charge in [-0.1, -0.05) is 13.8 Å². The largest absolute Gasteiger partial charge is 0.497 e. The molecule has 0 saturated carbocycles. The number of aromatic nitrogens is 1. The molecule has 2 aromatic rings. The number of benzene rings is 1. The molecular weight excluding hydrogens is 350 g/mol. The summed E-state index contributed by atoms with van der Waals surface area (Å²) in [5, 5.41) is 5.88. The molecule has 2 heterocycles. The Bertz CT molecular complexity index is 831. The number of hydrogen-bond donors (Lipinski definition) is 1. The molecule has 0 radical (unpaired) electrons. The summed E-state index contributed by atoms with van der Waals surface area (Å²) in [6.45, 7) is 4.63. The average molecular weight is 373 g/mol. The number of nitrogens with zero attached hydrogens (tertiary/aromatic N) is 2. The third-order valence-corrected chi connectivity index (χ3v) is 5.63. The average Bonchev–Trinajstić information content (AvgIpc) is 3.08. The van der Waals surface area contributed by atoms with Gasteiger partial charge in [0.2, 0.25) is 11.8 Å². The van der Waals surface area contributed by atoms with Gasteiger partial charge in [0.1, 0.15) is 5.75 Å². The van der Waals surface area contributed by atoms with Crippen LogP contribution < -0.4 is 10.1 Å². The zero-order valence-electron chi connectivity index (χ0n) is 15.4. The van der Waals surface area contributed by atoms with E-state index in [9.17, 15) is 9.59 Å². The molecule has 3 rings (SSSR count). The van der Waals surface area contributed by atoms with Crippen LogP contribution in [-0.2, 0) is 16.1 Å². The molecule has 2 amide bonds. The number of hydrogen-bond acceptors (Lipinski definition) is 5. The predicted molar refractivity (Wildman–Crippen MR) is 102 cm³/mol. The van der Waals surface area contributed by atoms with Gasteiger partial charge in [0.15, 0.2) is 0 Å². The SMILES string of the molecule is COc1ccc2c(c1)C(C(=O)N(C)Cc1csc(C(C)C)n1)CC(=O)N2. The highest BCUT2D eigenvalue weighted by molar-refractivity contribution is 7.09. The van der Waals surface area contributed by atoms with E-state index in [2.05, 4.69) is 24.1 Å². The Morgan fingerprint density at radius 2 is 2.23 bits per heavy atom. The van der Waals surface area contributed by atoms with Crippen molar-refractivity contribution in [2.45, 2.75) is 38.6 Å². The fourth-order valence-electron chi connectivity index (χ4n) is 3.03. The lowest BCUT2D eigenvalue weighted by atomic mass is 9.89. The van der Waals surface area contributed by atoms with Crippen molar-refractivity contribution in [2.24, 2.45) is 0 Å². The highest BCUT2D eigenvalue weighted by atomic mass is 32.1. The highest BCUT2D eigenvalue weighted by Crippen LogP contribution is 2.36. The monoisotopic (exact) mass is 373 g/mol. The van der Waals surface area contributed by atoms with Crippen LogP contribution in [0.4, 0.5) is 5.69 Å². The van der Waals surface area contributed by atoms with Crippen LogP contribution >= 0.6 is 11.3 Å². The lowest BCUT2D eigenvalue weighted by Gasteiger charge is -2.28. The smallest absolute Gasteiger partial charge is 0.230 e. The third kappa shape index (κ3) is 3.72. The van der Waals surface area contributed by atoms with Gasteiger partial charge in [0.05, 0.1) is 30.3 Å². The molecule has 0 bridgehead atoms. The van der Waals surface area contributed by atoms with Crippen LogP contribution in [0.2, 0.25) is 0 Å². The van der Waals surface area contributed by atoms with Crippen LogP contribution in [-0.4, -0.2) is 35.9 Å².